The molecule has 0 saturated heterocycles. The molecule has 0 aromatic heterocycles. The van der Waals surface area contributed by atoms with Crippen molar-refractivity contribution in [1.29, 1.82) is 0 Å². The molecule has 0 atom stereocenters. The van der Waals surface area contributed by atoms with E-state index < -0.39 is 7.32 Å². The molecule has 0 amide bonds. The Morgan fingerprint density at radius 1 is 1.00 bits per heavy atom. The van der Waals surface area contributed by atoms with Crippen LogP contribution in [0.1, 0.15) is 2.85 Å². The topological polar surface area (TPSA) is 124 Å². The van der Waals surface area contributed by atoms with Crippen molar-refractivity contribution in [3.05, 3.63) is 0 Å². The van der Waals surface area contributed by atoms with Crippen LogP contribution in [0.2, 0.25) is 0 Å². The second-order valence-corrected chi connectivity index (χ2v) is 0.346. The summed E-state index contributed by atoms with van der Waals surface area (Å²) in [4.78, 5) is 0. The quantitative estimate of drug-likeness (QED) is 0.338. The van der Waals surface area contributed by atoms with Gasteiger partial charge >= 0.3 is 30.4 Å². The second-order valence-electron chi connectivity index (χ2n) is 0.346. The van der Waals surface area contributed by atoms with E-state index in [1.54, 1.807) is 0 Å². The molecule has 0 unspecified atom stereocenters. The van der Waals surface area contributed by atoms with Crippen molar-refractivity contribution in [3.63, 3.8) is 0 Å². The molecule has 0 rings (SSSR count). The van der Waals surface area contributed by atoms with Crippen molar-refractivity contribution < 1.29 is 48.4 Å². The molecule has 0 aliphatic rings. The van der Waals surface area contributed by atoms with Gasteiger partial charge < -0.3 is 28.9 Å². The molecule has 0 heterocycles. The number of hydrogen-bond donors (Lipinski definition) is 3. The van der Waals surface area contributed by atoms with Gasteiger partial charge in [0, 0.05) is 19.5 Å². The largest absolute Gasteiger partial charge is 2.00 e. The van der Waals surface area contributed by atoms with Crippen LogP contribution in [0.4, 0.5) is 0 Å². The summed E-state index contributed by atoms with van der Waals surface area (Å²) in [7, 11) is -2.17. The van der Waals surface area contributed by atoms with Gasteiger partial charge in [0.25, 0.3) is 0 Å². The molecule has 0 aromatic rings. The fourth-order valence-corrected chi connectivity index (χ4v) is 0. The molecule has 7 N–H and O–H groups in total. The van der Waals surface area contributed by atoms with Crippen LogP contribution >= 0.6 is 0 Å². The zero-order valence-corrected chi connectivity index (χ0v) is 8.71. The molecule has 0 aromatic carbocycles. The van der Waals surface area contributed by atoms with E-state index in [0.717, 1.165) is 0 Å². The van der Waals surface area contributed by atoms with Crippen molar-refractivity contribution in [2.24, 2.45) is 0 Å². The van der Waals surface area contributed by atoms with Crippen molar-refractivity contribution in [1.82, 2.24) is 0 Å². The first-order valence-electron chi connectivity index (χ1n) is 0.775. The van der Waals surface area contributed by atoms with Gasteiger partial charge in [0.1, 0.15) is 0 Å². The van der Waals surface area contributed by atoms with E-state index in [-0.39, 0.29) is 56.3 Å². The third-order valence-electron chi connectivity index (χ3n) is 0. The predicted octanol–water partition coefficient (Wildman–Crippen LogP) is -3.86. The Hall–Kier alpha value is 1.25. The van der Waals surface area contributed by atoms with Gasteiger partial charge in [-0.25, -0.2) is 0 Å². The molecule has 46 valence electrons. The van der Waals surface area contributed by atoms with Crippen LogP contribution in [-0.2, 0) is 19.5 Å². The van der Waals surface area contributed by atoms with Gasteiger partial charge in [0.2, 0.25) is 0 Å². The summed E-state index contributed by atoms with van der Waals surface area (Å²) >= 11 is 0. The van der Waals surface area contributed by atoms with Gasteiger partial charge in [0.05, 0.1) is 0 Å². The third-order valence-corrected chi connectivity index (χ3v) is 0. The van der Waals surface area contributed by atoms with Crippen molar-refractivity contribution >= 4 is 30.4 Å². The average molecular weight is 190 g/mol. The van der Waals surface area contributed by atoms with Crippen LogP contribution in [0.3, 0.4) is 0 Å². The van der Waals surface area contributed by atoms with Gasteiger partial charge in [0.15, 0.2) is 0 Å². The molecule has 0 fully saturated rings. The Kier molecular flexibility index (Phi) is 105. The van der Waals surface area contributed by atoms with Gasteiger partial charge in [-0.1, -0.05) is 0 Å². The summed E-state index contributed by atoms with van der Waals surface area (Å²) in [6, 6.07) is 0. The average Bonchev–Trinajstić information content (AvgIpc) is 0.811. The molecule has 5 nitrogen and oxygen atoms in total. The normalized spacial score (nSPS) is 3.38. The van der Waals surface area contributed by atoms with Crippen LogP contribution in [0.25, 0.3) is 0 Å². The summed E-state index contributed by atoms with van der Waals surface area (Å²) in [6.07, 6.45) is 0. The zero-order valence-electron chi connectivity index (χ0n) is 6.33. The van der Waals surface area contributed by atoms with Gasteiger partial charge in [-0.05, 0) is 0 Å². The Bertz CT molecular complexity index is 24.4. The molecule has 8 heteroatoms. The molecule has 0 bridgehead atoms. The van der Waals surface area contributed by atoms with E-state index in [4.69, 9.17) is 15.1 Å². The summed E-state index contributed by atoms with van der Waals surface area (Å²) in [5, 5.41) is 21.5. The summed E-state index contributed by atoms with van der Waals surface area (Å²) in [5.41, 5.74) is 0. The van der Waals surface area contributed by atoms with E-state index in [9.17, 15) is 0 Å². The fraction of sp³-hybridized carbons (Fsp3) is 0. The SMILES string of the molecule is O.O.OB(O)O.[H-].[H-].[Mg+2].[Zn]. The van der Waals surface area contributed by atoms with E-state index in [1.807, 2.05) is 0 Å². The first kappa shape index (κ1) is 34.8. The van der Waals surface area contributed by atoms with Gasteiger partial charge in [-0.3, -0.25) is 0 Å². The molecule has 0 saturated carbocycles. The summed E-state index contributed by atoms with van der Waals surface area (Å²) in [5.74, 6) is 0. The van der Waals surface area contributed by atoms with E-state index in [1.165, 1.54) is 0 Å². The molecule has 0 aliphatic carbocycles. The molecule has 0 spiro atoms. The molecule has 0 radical (unpaired) electrons. The monoisotopic (exact) mass is 188 g/mol. The first-order chi connectivity index (χ1) is 1.73. The Balaban J connectivity index is -0.00000000300. The predicted molar refractivity (Wildman–Crippen MR) is 27.6 cm³/mol. The maximum Gasteiger partial charge on any atom is 2.00 e. The van der Waals surface area contributed by atoms with Crippen LogP contribution in [0.15, 0.2) is 0 Å². The minimum absolute atomic E-state index is 0. The second kappa shape index (κ2) is 24.0. The van der Waals surface area contributed by atoms with E-state index in [2.05, 4.69) is 0 Å². The molecular weight excluding hydrogens is 181 g/mol. The maximum absolute atomic E-state index is 7.17. The number of rotatable bonds is 0. The molecular formula is H9BMgO5Zn. The van der Waals surface area contributed by atoms with Crippen molar-refractivity contribution in [2.45, 2.75) is 0 Å². The third kappa shape index (κ3) is 180. The van der Waals surface area contributed by atoms with E-state index >= 15 is 0 Å². The fourth-order valence-electron chi connectivity index (χ4n) is 0. The van der Waals surface area contributed by atoms with Crippen LogP contribution in [0, 0.1) is 0 Å². The minimum Gasteiger partial charge on any atom is -1.00 e. The van der Waals surface area contributed by atoms with E-state index in [0.29, 0.717) is 0 Å². The van der Waals surface area contributed by atoms with Gasteiger partial charge in [-0.15, -0.1) is 0 Å². The molecule has 0 aliphatic heterocycles. The summed E-state index contributed by atoms with van der Waals surface area (Å²) in [6.45, 7) is 0. The zero-order chi connectivity index (χ0) is 3.58. The summed E-state index contributed by atoms with van der Waals surface area (Å²) < 4.78 is 0. The Morgan fingerprint density at radius 3 is 1.00 bits per heavy atom. The number of hydrogen-bond acceptors (Lipinski definition) is 3. The minimum atomic E-state index is -2.17. The van der Waals surface area contributed by atoms with Crippen LogP contribution in [-0.4, -0.2) is 56.4 Å². The van der Waals surface area contributed by atoms with Gasteiger partial charge in [-0.2, -0.15) is 0 Å². The Labute approximate surface area is 78.8 Å². The Morgan fingerprint density at radius 2 is 1.00 bits per heavy atom. The molecule has 8 heavy (non-hydrogen) atoms. The van der Waals surface area contributed by atoms with Crippen LogP contribution < -0.4 is 0 Å². The standard InChI is InChI=1S/BH3O3.Mg.2H2O.Zn.2H/c2-1(3)4;;;;;;/h2-4H;;2*1H2;;;/q;+2;;;;2*-1. The smallest absolute Gasteiger partial charge is 1.00 e. The van der Waals surface area contributed by atoms with Crippen molar-refractivity contribution in [2.75, 3.05) is 0 Å². The van der Waals surface area contributed by atoms with Crippen LogP contribution in [0.5, 0.6) is 0 Å². The first-order valence-corrected chi connectivity index (χ1v) is 0.775. The maximum atomic E-state index is 7.17. The van der Waals surface area contributed by atoms with Crippen molar-refractivity contribution in [3.8, 4) is 0 Å².